The highest BCUT2D eigenvalue weighted by molar-refractivity contribution is 5.94. The highest BCUT2D eigenvalue weighted by Crippen LogP contribution is 2.23. The first kappa shape index (κ1) is 20.4. The number of tetrazole rings is 1. The fourth-order valence-electron chi connectivity index (χ4n) is 3.25. The highest BCUT2D eigenvalue weighted by atomic mass is 16.1. The van der Waals surface area contributed by atoms with Gasteiger partial charge in [-0.2, -0.15) is 5.21 Å². The lowest BCUT2D eigenvalue weighted by Crippen LogP contribution is -2.34. The summed E-state index contributed by atoms with van der Waals surface area (Å²) < 4.78 is 1.83. The zero-order chi connectivity index (χ0) is 21.6. The second kappa shape index (κ2) is 9.30. The van der Waals surface area contributed by atoms with Gasteiger partial charge in [0.05, 0.1) is 6.20 Å². The maximum Gasteiger partial charge on any atom is 0.251 e. The molecule has 4 rings (SSSR count). The Labute approximate surface area is 178 Å². The topological polar surface area (TPSA) is 129 Å². The van der Waals surface area contributed by atoms with Crippen LogP contribution >= 0.6 is 0 Å². The van der Waals surface area contributed by atoms with Crippen LogP contribution in [0.2, 0.25) is 0 Å². The molecule has 1 aromatic carbocycles. The number of rotatable bonds is 9. The molecule has 0 saturated carbocycles. The zero-order valence-electron chi connectivity index (χ0n) is 17.4. The maximum atomic E-state index is 12.4. The molecule has 11 heteroatoms. The molecule has 11 nitrogen and oxygen atoms in total. The molecule has 0 aliphatic carbocycles. The van der Waals surface area contributed by atoms with E-state index >= 15 is 0 Å². The Bertz CT molecular complexity index is 1130. The Morgan fingerprint density at radius 2 is 1.97 bits per heavy atom. The van der Waals surface area contributed by atoms with Crippen LogP contribution < -0.4 is 10.6 Å². The molecule has 1 amide bonds. The molecular weight excluding hydrogens is 396 g/mol. The Kier molecular flexibility index (Phi) is 6.13. The number of hydrogen-bond acceptors (Lipinski definition) is 8. The molecule has 3 N–H and O–H groups in total. The second-order valence-electron chi connectivity index (χ2n) is 6.83. The number of likely N-dealkylation sites (N-methyl/N-ethyl adjacent to an activating group) is 1. The van der Waals surface area contributed by atoms with Crippen molar-refractivity contribution < 1.29 is 4.79 Å². The van der Waals surface area contributed by atoms with Gasteiger partial charge in [-0.15, -0.1) is 10.2 Å². The van der Waals surface area contributed by atoms with E-state index < -0.39 is 0 Å². The van der Waals surface area contributed by atoms with E-state index in [4.69, 9.17) is 0 Å². The standard InChI is InChI=1S/C20H24N10O/c1-3-29(4-2)11-9-22-20(31)14-5-7-15(8-6-14)24-18-19-21-10-12-30(19)16(13-23-18)17-25-27-28-26-17/h5-8,10,12-13H,3-4,9,11H2,1-2H3,(H,22,31)(H,23,24)(H,25,26,27,28). The predicted molar refractivity (Wildman–Crippen MR) is 116 cm³/mol. The number of amides is 1. The first-order valence-electron chi connectivity index (χ1n) is 10.1. The first-order valence-corrected chi connectivity index (χ1v) is 10.1. The zero-order valence-corrected chi connectivity index (χ0v) is 17.4. The van der Waals surface area contributed by atoms with E-state index in [0.29, 0.717) is 35.1 Å². The van der Waals surface area contributed by atoms with Gasteiger partial charge in [0, 0.05) is 36.7 Å². The van der Waals surface area contributed by atoms with Crippen LogP contribution in [0.25, 0.3) is 17.2 Å². The summed E-state index contributed by atoms with van der Waals surface area (Å²) >= 11 is 0. The van der Waals surface area contributed by atoms with Gasteiger partial charge in [-0.25, -0.2) is 9.97 Å². The smallest absolute Gasteiger partial charge is 0.251 e. The quantitative estimate of drug-likeness (QED) is 0.373. The number of aromatic amines is 1. The van der Waals surface area contributed by atoms with Gasteiger partial charge in [0.15, 0.2) is 11.5 Å². The fraction of sp³-hybridized carbons (Fsp3) is 0.300. The number of H-pyrrole nitrogens is 1. The van der Waals surface area contributed by atoms with Crippen LogP contribution in [0.1, 0.15) is 24.2 Å². The van der Waals surface area contributed by atoms with Gasteiger partial charge in [-0.1, -0.05) is 13.8 Å². The summed E-state index contributed by atoms with van der Waals surface area (Å²) in [5.41, 5.74) is 2.70. The maximum absolute atomic E-state index is 12.4. The number of carbonyl (C=O) groups is 1. The van der Waals surface area contributed by atoms with Gasteiger partial charge in [-0.05, 0) is 42.6 Å². The average molecular weight is 420 g/mol. The largest absolute Gasteiger partial charge is 0.351 e. The van der Waals surface area contributed by atoms with Gasteiger partial charge in [-0.3, -0.25) is 9.20 Å². The van der Waals surface area contributed by atoms with Crippen LogP contribution in [0.5, 0.6) is 0 Å². The Morgan fingerprint density at radius 1 is 1.16 bits per heavy atom. The van der Waals surface area contributed by atoms with Crippen LogP contribution in [0.15, 0.2) is 42.9 Å². The predicted octanol–water partition coefficient (Wildman–Crippen LogP) is 1.72. The van der Waals surface area contributed by atoms with Crippen LogP contribution in [-0.2, 0) is 0 Å². The third kappa shape index (κ3) is 4.51. The molecule has 0 aliphatic rings. The van der Waals surface area contributed by atoms with E-state index in [1.54, 1.807) is 30.7 Å². The van der Waals surface area contributed by atoms with Crippen molar-refractivity contribution in [3.63, 3.8) is 0 Å². The van der Waals surface area contributed by atoms with E-state index in [-0.39, 0.29) is 5.91 Å². The van der Waals surface area contributed by atoms with E-state index in [0.717, 1.165) is 25.3 Å². The number of benzene rings is 1. The molecule has 4 aromatic rings. The summed E-state index contributed by atoms with van der Waals surface area (Å²) in [6.45, 7) is 7.63. The molecule has 3 heterocycles. The molecule has 3 aromatic heterocycles. The molecule has 0 bridgehead atoms. The summed E-state index contributed by atoms with van der Waals surface area (Å²) in [7, 11) is 0. The first-order chi connectivity index (χ1) is 15.2. The number of nitrogens with one attached hydrogen (secondary N) is 3. The molecule has 0 fully saturated rings. The summed E-state index contributed by atoms with van der Waals surface area (Å²) in [6, 6.07) is 7.25. The number of fused-ring (bicyclic) bond motifs is 1. The average Bonchev–Trinajstić information content (AvgIpc) is 3.50. The van der Waals surface area contributed by atoms with Gasteiger partial charge in [0.2, 0.25) is 5.82 Å². The van der Waals surface area contributed by atoms with Crippen molar-refractivity contribution in [2.45, 2.75) is 13.8 Å². The van der Waals surface area contributed by atoms with Crippen molar-refractivity contribution in [2.24, 2.45) is 0 Å². The SMILES string of the molecule is CCN(CC)CCNC(=O)c1ccc(Nc2ncc(-c3nn[nH]n3)n3ccnc23)cc1. The van der Waals surface area contributed by atoms with Gasteiger partial charge in [0.25, 0.3) is 5.91 Å². The van der Waals surface area contributed by atoms with Crippen molar-refractivity contribution in [1.29, 1.82) is 0 Å². The minimum Gasteiger partial charge on any atom is -0.351 e. The molecule has 0 atom stereocenters. The molecule has 0 unspecified atom stereocenters. The highest BCUT2D eigenvalue weighted by Gasteiger charge is 2.13. The third-order valence-electron chi connectivity index (χ3n) is 5.02. The number of aromatic nitrogens is 7. The number of imidazole rings is 1. The summed E-state index contributed by atoms with van der Waals surface area (Å²) in [4.78, 5) is 23.5. The van der Waals surface area contributed by atoms with Crippen LogP contribution in [0.3, 0.4) is 0 Å². The van der Waals surface area contributed by atoms with Crippen molar-refractivity contribution in [3.05, 3.63) is 48.4 Å². The number of hydrogen-bond donors (Lipinski definition) is 3. The lowest BCUT2D eigenvalue weighted by Gasteiger charge is -2.18. The lowest BCUT2D eigenvalue weighted by atomic mass is 10.2. The molecule has 31 heavy (non-hydrogen) atoms. The molecule has 0 radical (unpaired) electrons. The summed E-state index contributed by atoms with van der Waals surface area (Å²) in [5.74, 6) is 0.920. The van der Waals surface area contributed by atoms with E-state index in [2.05, 4.69) is 60.0 Å². The summed E-state index contributed by atoms with van der Waals surface area (Å²) in [5, 5.41) is 20.2. The number of carbonyl (C=O) groups excluding carboxylic acids is 1. The lowest BCUT2D eigenvalue weighted by molar-refractivity contribution is 0.0949. The van der Waals surface area contributed by atoms with Crippen LogP contribution in [0.4, 0.5) is 11.5 Å². The molecular formula is C20H24N10O. The minimum absolute atomic E-state index is 0.0862. The third-order valence-corrected chi connectivity index (χ3v) is 5.02. The molecule has 0 aliphatic heterocycles. The van der Waals surface area contributed by atoms with Crippen molar-refractivity contribution >= 4 is 23.1 Å². The minimum atomic E-state index is -0.0862. The van der Waals surface area contributed by atoms with Gasteiger partial charge in [0.1, 0.15) is 5.69 Å². The van der Waals surface area contributed by atoms with Gasteiger partial charge >= 0.3 is 0 Å². The Hall–Kier alpha value is -3.86. The monoisotopic (exact) mass is 420 g/mol. The second-order valence-corrected chi connectivity index (χ2v) is 6.83. The normalized spacial score (nSPS) is 11.2. The number of nitrogens with zero attached hydrogens (tertiary/aromatic N) is 7. The van der Waals surface area contributed by atoms with Gasteiger partial charge < -0.3 is 15.5 Å². The summed E-state index contributed by atoms with van der Waals surface area (Å²) in [6.07, 6.45) is 5.14. The van der Waals surface area contributed by atoms with Crippen molar-refractivity contribution in [2.75, 3.05) is 31.5 Å². The van der Waals surface area contributed by atoms with E-state index in [9.17, 15) is 4.79 Å². The Morgan fingerprint density at radius 3 is 2.68 bits per heavy atom. The molecule has 160 valence electrons. The number of anilines is 2. The van der Waals surface area contributed by atoms with E-state index in [1.807, 2.05) is 16.5 Å². The van der Waals surface area contributed by atoms with Crippen LogP contribution in [0, 0.1) is 0 Å². The molecule has 0 spiro atoms. The van der Waals surface area contributed by atoms with Crippen LogP contribution in [-0.4, -0.2) is 72.0 Å². The van der Waals surface area contributed by atoms with Crippen molar-refractivity contribution in [3.8, 4) is 11.5 Å². The molecule has 0 saturated heterocycles. The van der Waals surface area contributed by atoms with Crippen molar-refractivity contribution in [1.82, 2.24) is 45.2 Å². The van der Waals surface area contributed by atoms with E-state index in [1.165, 1.54) is 0 Å². The Balaban J connectivity index is 1.44. The fourth-order valence-corrected chi connectivity index (χ4v) is 3.25.